The minimum atomic E-state index is 0. The number of nitrogens with two attached hydrogens (primary N) is 1. The first-order valence-corrected chi connectivity index (χ1v) is 6.71. The van der Waals surface area contributed by atoms with Crippen LogP contribution in [0.15, 0.2) is 0 Å². The molecule has 0 aliphatic carbocycles. The summed E-state index contributed by atoms with van der Waals surface area (Å²) in [4.78, 5) is 0. The summed E-state index contributed by atoms with van der Waals surface area (Å²) in [6.07, 6.45) is 12.5. The van der Waals surface area contributed by atoms with Gasteiger partial charge in [0.15, 0.2) is 0 Å². The van der Waals surface area contributed by atoms with E-state index in [4.69, 9.17) is 5.84 Å². The number of unbranched alkanes of at least 4 members (excludes halogenated alkanes) is 7. The van der Waals surface area contributed by atoms with Crippen LogP contribution in [0.2, 0.25) is 0 Å². The van der Waals surface area contributed by atoms with Gasteiger partial charge in [-0.1, -0.05) is 65.2 Å². The highest BCUT2D eigenvalue weighted by atomic mass is 35.5. The van der Waals surface area contributed by atoms with Crippen molar-refractivity contribution in [3.8, 4) is 0 Å². The van der Waals surface area contributed by atoms with Crippen molar-refractivity contribution in [2.24, 2.45) is 11.8 Å². The molecule has 0 atom stereocenters. The molecule has 17 heavy (non-hydrogen) atoms. The molecule has 0 bridgehead atoms. The van der Waals surface area contributed by atoms with E-state index >= 15 is 0 Å². The SMILES string of the molecule is CC(C)CCCCCCCCCCNN.Cl.Cl. The highest BCUT2D eigenvalue weighted by Crippen LogP contribution is 2.12. The Kier molecular flexibility index (Phi) is 25.1. The predicted molar refractivity (Wildman–Crippen MR) is 83.1 cm³/mol. The number of hydrogen-bond acceptors (Lipinski definition) is 2. The topological polar surface area (TPSA) is 38.0 Å². The minimum Gasteiger partial charge on any atom is -0.271 e. The second kappa shape index (κ2) is 18.9. The van der Waals surface area contributed by atoms with E-state index in [0.29, 0.717) is 0 Å². The summed E-state index contributed by atoms with van der Waals surface area (Å²) >= 11 is 0. The number of halogens is 2. The molecule has 0 radical (unpaired) electrons. The molecule has 0 saturated carbocycles. The fourth-order valence-corrected chi connectivity index (χ4v) is 1.84. The van der Waals surface area contributed by atoms with Crippen molar-refractivity contribution >= 4 is 24.8 Å². The van der Waals surface area contributed by atoms with Crippen LogP contribution in [-0.2, 0) is 0 Å². The van der Waals surface area contributed by atoms with E-state index in [9.17, 15) is 0 Å². The Morgan fingerprint density at radius 2 is 1.18 bits per heavy atom. The summed E-state index contributed by atoms with van der Waals surface area (Å²) in [6.45, 7) is 5.59. The van der Waals surface area contributed by atoms with Gasteiger partial charge in [0.1, 0.15) is 0 Å². The third-order valence-electron chi connectivity index (χ3n) is 2.85. The van der Waals surface area contributed by atoms with E-state index in [0.717, 1.165) is 12.5 Å². The molecular weight excluding hydrogens is 255 g/mol. The molecule has 0 unspecified atom stereocenters. The van der Waals surface area contributed by atoms with Gasteiger partial charge >= 0.3 is 0 Å². The Morgan fingerprint density at radius 1 is 0.765 bits per heavy atom. The zero-order chi connectivity index (χ0) is 11.4. The minimum absolute atomic E-state index is 0. The van der Waals surface area contributed by atoms with Gasteiger partial charge < -0.3 is 0 Å². The van der Waals surface area contributed by atoms with Gasteiger partial charge in [-0.05, 0) is 12.3 Å². The maximum Gasteiger partial charge on any atom is 0.00974 e. The maximum absolute atomic E-state index is 5.20. The lowest BCUT2D eigenvalue weighted by molar-refractivity contribution is 0.505. The van der Waals surface area contributed by atoms with Crippen LogP contribution in [-0.4, -0.2) is 6.54 Å². The van der Waals surface area contributed by atoms with E-state index in [2.05, 4.69) is 19.3 Å². The van der Waals surface area contributed by atoms with Crippen LogP contribution in [0.1, 0.15) is 71.6 Å². The fourth-order valence-electron chi connectivity index (χ4n) is 1.84. The molecule has 0 spiro atoms. The summed E-state index contributed by atoms with van der Waals surface area (Å²) in [5, 5.41) is 0. The van der Waals surface area contributed by atoms with E-state index in [1.807, 2.05) is 0 Å². The first kappa shape index (κ1) is 22.7. The average molecular weight is 287 g/mol. The summed E-state index contributed by atoms with van der Waals surface area (Å²) < 4.78 is 0. The number of rotatable bonds is 11. The smallest absolute Gasteiger partial charge is 0.00974 e. The third-order valence-corrected chi connectivity index (χ3v) is 2.85. The van der Waals surface area contributed by atoms with Crippen molar-refractivity contribution < 1.29 is 0 Å². The standard InChI is InChI=1S/C13H30N2.2ClH/c1-13(2)11-9-7-5-3-4-6-8-10-12-15-14;;/h13,15H,3-12,14H2,1-2H3;2*1H. The number of hydrogen-bond donors (Lipinski definition) is 2. The first-order valence-electron chi connectivity index (χ1n) is 6.71. The Balaban J connectivity index is -0.000000980. The van der Waals surface area contributed by atoms with E-state index < -0.39 is 0 Å². The van der Waals surface area contributed by atoms with Crippen molar-refractivity contribution in [1.29, 1.82) is 0 Å². The molecule has 0 aliphatic rings. The molecule has 2 nitrogen and oxygen atoms in total. The molecule has 4 heteroatoms. The quantitative estimate of drug-likeness (QED) is 0.334. The maximum atomic E-state index is 5.20. The van der Waals surface area contributed by atoms with Crippen molar-refractivity contribution in [3.05, 3.63) is 0 Å². The molecule has 0 aromatic rings. The summed E-state index contributed by atoms with van der Waals surface area (Å²) in [6, 6.07) is 0. The second-order valence-corrected chi connectivity index (χ2v) is 4.97. The zero-order valence-electron chi connectivity index (χ0n) is 11.5. The number of hydrazine groups is 1. The Labute approximate surface area is 120 Å². The molecule has 0 heterocycles. The molecule has 0 aliphatic heterocycles. The lowest BCUT2D eigenvalue weighted by atomic mass is 10.0. The second-order valence-electron chi connectivity index (χ2n) is 4.97. The molecular formula is C13H32Cl2N2. The third kappa shape index (κ3) is 22.2. The van der Waals surface area contributed by atoms with Gasteiger partial charge in [0.05, 0.1) is 0 Å². The van der Waals surface area contributed by atoms with Gasteiger partial charge in [-0.15, -0.1) is 24.8 Å². The van der Waals surface area contributed by atoms with Crippen LogP contribution in [0.4, 0.5) is 0 Å². The molecule has 0 fully saturated rings. The van der Waals surface area contributed by atoms with Crippen LogP contribution >= 0.6 is 24.8 Å². The molecule has 0 rings (SSSR count). The van der Waals surface area contributed by atoms with Gasteiger partial charge in [0, 0.05) is 6.54 Å². The molecule has 0 aromatic heterocycles. The highest BCUT2D eigenvalue weighted by Gasteiger charge is 1.94. The monoisotopic (exact) mass is 286 g/mol. The van der Waals surface area contributed by atoms with E-state index in [1.54, 1.807) is 0 Å². The number of nitrogens with one attached hydrogen (secondary N) is 1. The molecule has 3 N–H and O–H groups in total. The van der Waals surface area contributed by atoms with Crippen molar-refractivity contribution in [2.45, 2.75) is 71.6 Å². The van der Waals surface area contributed by atoms with E-state index in [1.165, 1.54) is 57.8 Å². The van der Waals surface area contributed by atoms with Gasteiger partial charge in [-0.2, -0.15) is 0 Å². The van der Waals surface area contributed by atoms with Gasteiger partial charge in [-0.25, -0.2) is 0 Å². The van der Waals surface area contributed by atoms with Crippen molar-refractivity contribution in [2.75, 3.05) is 6.54 Å². The Bertz CT molecular complexity index is 122. The van der Waals surface area contributed by atoms with Crippen LogP contribution in [0.3, 0.4) is 0 Å². The van der Waals surface area contributed by atoms with Crippen molar-refractivity contribution in [1.82, 2.24) is 5.43 Å². The van der Waals surface area contributed by atoms with Crippen LogP contribution < -0.4 is 11.3 Å². The zero-order valence-corrected chi connectivity index (χ0v) is 13.2. The predicted octanol–water partition coefficient (Wildman–Crippen LogP) is 4.46. The van der Waals surface area contributed by atoms with E-state index in [-0.39, 0.29) is 24.8 Å². The Morgan fingerprint density at radius 3 is 1.59 bits per heavy atom. The molecule has 108 valence electrons. The lowest BCUT2D eigenvalue weighted by Crippen LogP contribution is -2.22. The van der Waals surface area contributed by atoms with Gasteiger partial charge in [0.2, 0.25) is 0 Å². The van der Waals surface area contributed by atoms with Crippen LogP contribution in [0.25, 0.3) is 0 Å². The van der Waals surface area contributed by atoms with Crippen molar-refractivity contribution in [3.63, 3.8) is 0 Å². The summed E-state index contributed by atoms with van der Waals surface area (Å²) in [7, 11) is 0. The van der Waals surface area contributed by atoms with Crippen LogP contribution in [0, 0.1) is 5.92 Å². The van der Waals surface area contributed by atoms with Gasteiger partial charge in [-0.3, -0.25) is 11.3 Å². The largest absolute Gasteiger partial charge is 0.271 e. The van der Waals surface area contributed by atoms with Crippen LogP contribution in [0.5, 0.6) is 0 Å². The average Bonchev–Trinajstić information content (AvgIpc) is 2.20. The summed E-state index contributed by atoms with van der Waals surface area (Å²) in [5.41, 5.74) is 2.70. The summed E-state index contributed by atoms with van der Waals surface area (Å²) in [5.74, 6) is 6.08. The fraction of sp³-hybridized carbons (Fsp3) is 1.00. The highest BCUT2D eigenvalue weighted by molar-refractivity contribution is 5.85. The van der Waals surface area contributed by atoms with Gasteiger partial charge in [0.25, 0.3) is 0 Å². The molecule has 0 amide bonds. The molecule has 0 aromatic carbocycles. The Hall–Kier alpha value is 0.500. The normalized spacial score (nSPS) is 9.88. The first-order chi connectivity index (χ1) is 7.27. The lowest BCUT2D eigenvalue weighted by Gasteiger charge is -2.04. The molecule has 0 saturated heterocycles.